The molecule has 2 amide bonds. The number of hydrogen-bond donors (Lipinski definition) is 1. The van der Waals surface area contributed by atoms with Crippen LogP contribution in [0.2, 0.25) is 0 Å². The van der Waals surface area contributed by atoms with Crippen molar-refractivity contribution in [2.45, 2.75) is 12.8 Å². The van der Waals surface area contributed by atoms with Crippen LogP contribution >= 0.6 is 11.3 Å². The Bertz CT molecular complexity index is 1030. The SMILES string of the molecule is O=C(NC/C=C/c1ccccc1)C1CC(=O)N(c2nnc(Cc3ccccc3)s2)C1. The van der Waals surface area contributed by atoms with Crippen LogP contribution in [0.5, 0.6) is 0 Å². The summed E-state index contributed by atoms with van der Waals surface area (Å²) >= 11 is 1.40. The Hall–Kier alpha value is -3.32. The fraction of sp³-hybridized carbons (Fsp3) is 0.217. The molecule has 152 valence electrons. The van der Waals surface area contributed by atoms with E-state index in [1.807, 2.05) is 72.8 Å². The number of aromatic nitrogens is 2. The van der Waals surface area contributed by atoms with Crippen molar-refractivity contribution < 1.29 is 9.59 Å². The lowest BCUT2D eigenvalue weighted by Crippen LogP contribution is -2.33. The standard InChI is InChI=1S/C23H22N4O2S/c28-21-15-19(22(29)24-13-7-12-17-8-3-1-4-9-17)16-27(21)23-26-25-20(30-23)14-18-10-5-2-6-11-18/h1-12,19H,13-16H2,(H,24,29)/b12-7+. The summed E-state index contributed by atoms with van der Waals surface area (Å²) in [5, 5.41) is 12.7. The van der Waals surface area contributed by atoms with Crippen LogP contribution in [0.4, 0.5) is 5.13 Å². The zero-order chi connectivity index (χ0) is 20.8. The number of carbonyl (C=O) groups is 2. The molecule has 2 aromatic carbocycles. The summed E-state index contributed by atoms with van der Waals surface area (Å²) in [4.78, 5) is 26.5. The van der Waals surface area contributed by atoms with E-state index in [2.05, 4.69) is 15.5 Å². The van der Waals surface area contributed by atoms with E-state index in [0.717, 1.165) is 16.1 Å². The van der Waals surface area contributed by atoms with Gasteiger partial charge in [-0.1, -0.05) is 84.2 Å². The Morgan fingerprint density at radius 1 is 1.10 bits per heavy atom. The highest BCUT2D eigenvalue weighted by Gasteiger charge is 2.36. The number of benzene rings is 2. The number of rotatable bonds is 7. The average molecular weight is 419 g/mol. The van der Waals surface area contributed by atoms with Gasteiger partial charge in [-0.2, -0.15) is 0 Å². The Kier molecular flexibility index (Phi) is 6.29. The molecule has 6 nitrogen and oxygen atoms in total. The first-order valence-electron chi connectivity index (χ1n) is 9.85. The molecule has 0 spiro atoms. The molecular weight excluding hydrogens is 396 g/mol. The van der Waals surface area contributed by atoms with Gasteiger partial charge in [-0.15, -0.1) is 10.2 Å². The highest BCUT2D eigenvalue weighted by atomic mass is 32.1. The topological polar surface area (TPSA) is 75.2 Å². The third-order valence-electron chi connectivity index (χ3n) is 4.89. The van der Waals surface area contributed by atoms with Crippen molar-refractivity contribution in [3.05, 3.63) is 82.9 Å². The maximum atomic E-state index is 12.5. The normalized spacial score (nSPS) is 16.3. The molecule has 1 aromatic heterocycles. The monoisotopic (exact) mass is 418 g/mol. The zero-order valence-corrected chi connectivity index (χ0v) is 17.2. The number of amides is 2. The predicted octanol–water partition coefficient (Wildman–Crippen LogP) is 3.31. The van der Waals surface area contributed by atoms with Crippen LogP contribution in [0.25, 0.3) is 6.08 Å². The molecule has 4 rings (SSSR count). The second-order valence-corrected chi connectivity index (χ2v) is 8.14. The molecule has 1 atom stereocenters. The van der Waals surface area contributed by atoms with E-state index in [1.54, 1.807) is 4.90 Å². The van der Waals surface area contributed by atoms with Crippen LogP contribution in [-0.2, 0) is 16.0 Å². The van der Waals surface area contributed by atoms with Crippen LogP contribution in [-0.4, -0.2) is 35.1 Å². The van der Waals surface area contributed by atoms with Gasteiger partial charge in [-0.25, -0.2) is 0 Å². The average Bonchev–Trinajstić information content (AvgIpc) is 3.39. The summed E-state index contributed by atoms with van der Waals surface area (Å²) in [6, 6.07) is 19.9. The first-order valence-corrected chi connectivity index (χ1v) is 10.7. The van der Waals surface area contributed by atoms with E-state index in [-0.39, 0.29) is 24.2 Å². The van der Waals surface area contributed by atoms with E-state index >= 15 is 0 Å². The maximum Gasteiger partial charge on any atom is 0.229 e. The Labute approximate surface area is 179 Å². The number of hydrogen-bond acceptors (Lipinski definition) is 5. The van der Waals surface area contributed by atoms with Gasteiger partial charge in [0.05, 0.1) is 5.92 Å². The van der Waals surface area contributed by atoms with Gasteiger partial charge in [0.1, 0.15) is 5.01 Å². The van der Waals surface area contributed by atoms with Gasteiger partial charge in [-0.3, -0.25) is 14.5 Å². The minimum atomic E-state index is -0.371. The van der Waals surface area contributed by atoms with E-state index in [1.165, 1.54) is 11.3 Å². The zero-order valence-electron chi connectivity index (χ0n) is 16.4. The van der Waals surface area contributed by atoms with E-state index < -0.39 is 0 Å². The van der Waals surface area contributed by atoms with Crippen LogP contribution < -0.4 is 10.2 Å². The Morgan fingerprint density at radius 3 is 2.60 bits per heavy atom. The second kappa shape index (κ2) is 9.45. The van der Waals surface area contributed by atoms with Gasteiger partial charge >= 0.3 is 0 Å². The number of nitrogens with one attached hydrogen (secondary N) is 1. The molecule has 2 heterocycles. The van der Waals surface area contributed by atoms with Crippen molar-refractivity contribution in [3.63, 3.8) is 0 Å². The minimum Gasteiger partial charge on any atom is -0.352 e. The van der Waals surface area contributed by atoms with Gasteiger partial charge in [0.2, 0.25) is 16.9 Å². The summed E-state index contributed by atoms with van der Waals surface area (Å²) in [7, 11) is 0. The molecule has 30 heavy (non-hydrogen) atoms. The maximum absolute atomic E-state index is 12.5. The van der Waals surface area contributed by atoms with E-state index in [9.17, 15) is 9.59 Å². The first kappa shape index (κ1) is 20.0. The molecule has 3 aromatic rings. The Balaban J connectivity index is 1.30. The molecule has 1 fully saturated rings. The molecule has 1 aliphatic rings. The van der Waals surface area contributed by atoms with Crippen molar-refractivity contribution in [2.75, 3.05) is 18.0 Å². The van der Waals surface area contributed by atoms with Gasteiger partial charge in [0.15, 0.2) is 0 Å². The van der Waals surface area contributed by atoms with Crippen LogP contribution in [0, 0.1) is 5.92 Å². The highest BCUT2D eigenvalue weighted by Crippen LogP contribution is 2.28. The summed E-state index contributed by atoms with van der Waals surface area (Å²) in [6.45, 7) is 0.769. The lowest BCUT2D eigenvalue weighted by atomic mass is 10.1. The van der Waals surface area contributed by atoms with Crippen LogP contribution in [0.15, 0.2) is 66.7 Å². The Morgan fingerprint density at radius 2 is 1.83 bits per heavy atom. The van der Waals surface area contributed by atoms with E-state index in [0.29, 0.717) is 24.6 Å². The third-order valence-corrected chi connectivity index (χ3v) is 5.83. The quantitative estimate of drug-likeness (QED) is 0.639. The van der Waals surface area contributed by atoms with Gasteiger partial charge < -0.3 is 5.32 Å². The summed E-state index contributed by atoms with van der Waals surface area (Å²) in [6.07, 6.45) is 4.74. The molecule has 1 unspecified atom stereocenters. The van der Waals surface area contributed by atoms with Gasteiger partial charge in [0, 0.05) is 25.9 Å². The van der Waals surface area contributed by atoms with Crippen LogP contribution in [0.1, 0.15) is 22.6 Å². The number of nitrogens with zero attached hydrogens (tertiary/aromatic N) is 3. The summed E-state index contributed by atoms with van der Waals surface area (Å²) in [5.74, 6) is -0.570. The number of carbonyl (C=O) groups excluding carboxylic acids is 2. The summed E-state index contributed by atoms with van der Waals surface area (Å²) in [5.41, 5.74) is 2.23. The molecule has 0 aliphatic carbocycles. The molecule has 1 N–H and O–H groups in total. The summed E-state index contributed by atoms with van der Waals surface area (Å²) < 4.78 is 0. The van der Waals surface area contributed by atoms with E-state index in [4.69, 9.17) is 0 Å². The lowest BCUT2D eigenvalue weighted by Gasteiger charge is -2.12. The minimum absolute atomic E-state index is 0.0858. The van der Waals surface area contributed by atoms with Gasteiger partial charge in [-0.05, 0) is 11.1 Å². The second-order valence-electron chi connectivity index (χ2n) is 7.10. The molecule has 1 aliphatic heterocycles. The highest BCUT2D eigenvalue weighted by molar-refractivity contribution is 7.15. The van der Waals surface area contributed by atoms with Crippen molar-refractivity contribution in [1.29, 1.82) is 0 Å². The largest absolute Gasteiger partial charge is 0.352 e. The van der Waals surface area contributed by atoms with Crippen LogP contribution in [0.3, 0.4) is 0 Å². The molecule has 0 radical (unpaired) electrons. The van der Waals surface area contributed by atoms with Crippen molar-refractivity contribution >= 4 is 34.4 Å². The fourth-order valence-corrected chi connectivity index (χ4v) is 4.23. The fourth-order valence-electron chi connectivity index (χ4n) is 3.33. The number of anilines is 1. The van der Waals surface area contributed by atoms with Crippen molar-refractivity contribution in [3.8, 4) is 0 Å². The van der Waals surface area contributed by atoms with Crippen molar-refractivity contribution in [2.24, 2.45) is 5.92 Å². The van der Waals surface area contributed by atoms with Crippen molar-refractivity contribution in [1.82, 2.24) is 15.5 Å². The van der Waals surface area contributed by atoms with Gasteiger partial charge in [0.25, 0.3) is 0 Å². The smallest absolute Gasteiger partial charge is 0.229 e. The lowest BCUT2D eigenvalue weighted by molar-refractivity contribution is -0.126. The third kappa shape index (κ3) is 4.99. The molecule has 1 saturated heterocycles. The molecule has 0 bridgehead atoms. The predicted molar refractivity (Wildman–Crippen MR) is 118 cm³/mol. The molecule has 7 heteroatoms. The first-order chi connectivity index (χ1) is 14.7. The molecule has 0 saturated carbocycles. The molecular formula is C23H22N4O2S.